The number of nitrogens with zero attached hydrogens (tertiary/aromatic N) is 1. The molecule has 0 fully saturated rings. The van der Waals surface area contributed by atoms with E-state index < -0.39 is 46.6 Å². The van der Waals surface area contributed by atoms with E-state index >= 15 is 0 Å². The summed E-state index contributed by atoms with van der Waals surface area (Å²) in [5.41, 5.74) is -5.24. The van der Waals surface area contributed by atoms with Crippen molar-refractivity contribution in [2.75, 3.05) is 6.61 Å². The first-order chi connectivity index (χ1) is 10.2. The van der Waals surface area contributed by atoms with Crippen molar-refractivity contribution in [1.82, 2.24) is 4.98 Å². The smallest absolute Gasteiger partial charge is 0.434 e. The topological polar surface area (TPSA) is 56.3 Å². The van der Waals surface area contributed by atoms with Crippen molar-refractivity contribution in [2.45, 2.75) is 32.9 Å². The summed E-state index contributed by atoms with van der Waals surface area (Å²) in [6, 6.07) is 0. The first-order valence-corrected chi connectivity index (χ1v) is 6.23. The lowest BCUT2D eigenvalue weighted by Crippen LogP contribution is -2.23. The molecule has 0 bridgehead atoms. The first kappa shape index (κ1) is 18.0. The van der Waals surface area contributed by atoms with Gasteiger partial charge in [0.05, 0.1) is 12.2 Å². The Kier molecular flexibility index (Phi) is 5.56. The second-order valence-corrected chi connectivity index (χ2v) is 4.10. The lowest BCUT2D eigenvalue weighted by Gasteiger charge is -2.18. The number of ether oxygens (including phenoxy) is 1. The van der Waals surface area contributed by atoms with Crippen LogP contribution in [0.5, 0.6) is 0 Å². The second-order valence-electron chi connectivity index (χ2n) is 4.10. The molecule has 0 radical (unpaired) electrons. The average molecular weight is 325 g/mol. The van der Waals surface area contributed by atoms with Gasteiger partial charge in [0, 0.05) is 5.56 Å². The third kappa shape index (κ3) is 3.40. The molecule has 0 aliphatic heterocycles. The summed E-state index contributed by atoms with van der Waals surface area (Å²) in [6.45, 7) is 2.49. The Labute approximate surface area is 122 Å². The van der Waals surface area contributed by atoms with Crippen molar-refractivity contribution in [1.29, 1.82) is 0 Å². The predicted octanol–water partition coefficient (Wildman–Crippen LogP) is 3.59. The van der Waals surface area contributed by atoms with Crippen LogP contribution in [0.1, 0.15) is 57.9 Å². The van der Waals surface area contributed by atoms with Crippen molar-refractivity contribution in [3.05, 3.63) is 28.1 Å². The lowest BCUT2D eigenvalue weighted by molar-refractivity contribution is -0.142. The molecule has 0 saturated carbocycles. The van der Waals surface area contributed by atoms with Gasteiger partial charge < -0.3 is 4.74 Å². The highest BCUT2D eigenvalue weighted by atomic mass is 19.4. The third-order valence-electron chi connectivity index (χ3n) is 2.80. The number of hydrogen-bond acceptors (Lipinski definition) is 4. The fourth-order valence-electron chi connectivity index (χ4n) is 1.96. The Morgan fingerprint density at radius 1 is 1.32 bits per heavy atom. The van der Waals surface area contributed by atoms with E-state index in [1.807, 2.05) is 0 Å². The molecule has 0 aliphatic carbocycles. The van der Waals surface area contributed by atoms with E-state index in [9.17, 15) is 31.5 Å². The summed E-state index contributed by atoms with van der Waals surface area (Å²) in [5.74, 6) is -1.36. The highest BCUT2D eigenvalue weighted by Crippen LogP contribution is 2.36. The largest absolute Gasteiger partial charge is 0.462 e. The van der Waals surface area contributed by atoms with Crippen LogP contribution in [0.25, 0.3) is 0 Å². The molecule has 122 valence electrons. The number of pyridine rings is 1. The van der Waals surface area contributed by atoms with Crippen molar-refractivity contribution in [3.8, 4) is 0 Å². The molecule has 1 aromatic heterocycles. The fraction of sp³-hybridized carbons (Fsp3) is 0.462. The molecule has 1 heterocycles. The standard InChI is InChI=1S/C13H12F5NO3/c1-3-6-7(5-20)9(11(14)15)19-10(13(16,17)18)8(6)12(21)22-4-2/h5,11H,3-4H2,1-2H3. The van der Waals surface area contributed by atoms with Crippen molar-refractivity contribution >= 4 is 12.3 Å². The second kappa shape index (κ2) is 6.80. The van der Waals surface area contributed by atoms with Crippen molar-refractivity contribution in [2.24, 2.45) is 0 Å². The summed E-state index contributed by atoms with van der Waals surface area (Å²) >= 11 is 0. The normalized spacial score (nSPS) is 11.6. The van der Waals surface area contributed by atoms with Crippen molar-refractivity contribution < 1.29 is 36.3 Å². The molecule has 9 heteroatoms. The van der Waals surface area contributed by atoms with Gasteiger partial charge in [0.15, 0.2) is 12.0 Å². The molecule has 4 nitrogen and oxygen atoms in total. The minimum atomic E-state index is -5.14. The summed E-state index contributed by atoms with van der Waals surface area (Å²) in [6.07, 6.45) is -8.80. The third-order valence-corrected chi connectivity index (χ3v) is 2.80. The number of hydrogen-bond donors (Lipinski definition) is 0. The maximum Gasteiger partial charge on any atom is 0.434 e. The van der Waals surface area contributed by atoms with Gasteiger partial charge in [-0.15, -0.1) is 0 Å². The number of rotatable bonds is 5. The van der Waals surface area contributed by atoms with Crippen molar-refractivity contribution in [3.63, 3.8) is 0 Å². The molecular formula is C13H12F5NO3. The molecule has 0 unspecified atom stereocenters. The molecule has 1 aromatic rings. The minimum Gasteiger partial charge on any atom is -0.462 e. The number of carbonyl (C=O) groups excluding carboxylic acids is 2. The van der Waals surface area contributed by atoms with Gasteiger partial charge in [0.25, 0.3) is 6.43 Å². The SMILES string of the molecule is CCOC(=O)c1c(C(F)(F)F)nc(C(F)F)c(C=O)c1CC. The molecular weight excluding hydrogens is 313 g/mol. The number of aromatic nitrogens is 1. The number of alkyl halides is 5. The molecule has 0 N–H and O–H groups in total. The quantitative estimate of drug-likeness (QED) is 0.472. The number of halogens is 5. The Morgan fingerprint density at radius 3 is 2.27 bits per heavy atom. The van der Waals surface area contributed by atoms with Gasteiger partial charge in [-0.3, -0.25) is 4.79 Å². The molecule has 0 amide bonds. The zero-order valence-electron chi connectivity index (χ0n) is 11.6. The lowest BCUT2D eigenvalue weighted by atomic mass is 9.96. The number of esters is 1. The van der Waals surface area contributed by atoms with Crippen LogP contribution in [0.15, 0.2) is 0 Å². The van der Waals surface area contributed by atoms with Gasteiger partial charge in [-0.1, -0.05) is 6.92 Å². The van der Waals surface area contributed by atoms with Crippen LogP contribution in [0.2, 0.25) is 0 Å². The summed E-state index contributed by atoms with van der Waals surface area (Å²) in [7, 11) is 0. The Bertz CT molecular complexity index is 584. The molecule has 1 rings (SSSR count). The van der Waals surface area contributed by atoms with Gasteiger partial charge in [0.1, 0.15) is 5.69 Å². The van der Waals surface area contributed by atoms with E-state index in [0.717, 1.165) is 0 Å². The van der Waals surface area contributed by atoms with Gasteiger partial charge in [-0.05, 0) is 18.9 Å². The highest BCUT2D eigenvalue weighted by molar-refractivity contribution is 5.96. The molecule has 0 saturated heterocycles. The molecule has 0 aliphatic rings. The average Bonchev–Trinajstić information content (AvgIpc) is 2.43. The van der Waals surface area contributed by atoms with Crippen LogP contribution in [0.3, 0.4) is 0 Å². The van der Waals surface area contributed by atoms with Crippen LogP contribution >= 0.6 is 0 Å². The molecule has 22 heavy (non-hydrogen) atoms. The first-order valence-electron chi connectivity index (χ1n) is 6.23. The molecule has 0 spiro atoms. The molecule has 0 atom stereocenters. The minimum absolute atomic E-state index is 0.0315. The zero-order valence-corrected chi connectivity index (χ0v) is 11.6. The van der Waals surface area contributed by atoms with E-state index in [1.165, 1.54) is 13.8 Å². The van der Waals surface area contributed by atoms with E-state index in [2.05, 4.69) is 9.72 Å². The summed E-state index contributed by atoms with van der Waals surface area (Å²) in [5, 5.41) is 0. The van der Waals surface area contributed by atoms with Gasteiger partial charge in [0.2, 0.25) is 0 Å². The molecule has 0 aromatic carbocycles. The maximum absolute atomic E-state index is 13.0. The maximum atomic E-state index is 13.0. The number of carbonyl (C=O) groups is 2. The fourth-order valence-corrected chi connectivity index (χ4v) is 1.96. The van der Waals surface area contributed by atoms with E-state index in [1.54, 1.807) is 0 Å². The van der Waals surface area contributed by atoms with Gasteiger partial charge >= 0.3 is 12.1 Å². The van der Waals surface area contributed by atoms with Gasteiger partial charge in [-0.25, -0.2) is 18.6 Å². The van der Waals surface area contributed by atoms with Crippen LogP contribution in [-0.4, -0.2) is 23.8 Å². The Hall–Kier alpha value is -2.06. The summed E-state index contributed by atoms with van der Waals surface area (Å²) in [4.78, 5) is 25.6. The van der Waals surface area contributed by atoms with E-state index in [-0.39, 0.29) is 19.3 Å². The van der Waals surface area contributed by atoms with Crippen LogP contribution in [0, 0.1) is 0 Å². The van der Waals surface area contributed by atoms with Crippen LogP contribution in [-0.2, 0) is 17.3 Å². The highest BCUT2D eigenvalue weighted by Gasteiger charge is 2.41. The van der Waals surface area contributed by atoms with Crippen LogP contribution in [0.4, 0.5) is 22.0 Å². The van der Waals surface area contributed by atoms with Gasteiger partial charge in [-0.2, -0.15) is 13.2 Å². The van der Waals surface area contributed by atoms with E-state index in [4.69, 9.17) is 0 Å². The predicted molar refractivity (Wildman–Crippen MR) is 64.9 cm³/mol. The Morgan fingerprint density at radius 2 is 1.91 bits per heavy atom. The van der Waals surface area contributed by atoms with E-state index in [0.29, 0.717) is 0 Å². The van der Waals surface area contributed by atoms with Crippen LogP contribution < -0.4 is 0 Å². The number of aldehydes is 1. The zero-order chi connectivity index (χ0) is 17.1. The summed E-state index contributed by atoms with van der Waals surface area (Å²) < 4.78 is 69.4. The Balaban J connectivity index is 3.84. The monoisotopic (exact) mass is 325 g/mol.